The fourth-order valence-corrected chi connectivity index (χ4v) is 1.92. The molecule has 0 amide bonds. The van der Waals surface area contributed by atoms with Crippen molar-refractivity contribution in [1.82, 2.24) is 5.32 Å². The van der Waals surface area contributed by atoms with Crippen molar-refractivity contribution < 1.29 is 9.47 Å². The summed E-state index contributed by atoms with van der Waals surface area (Å²) >= 11 is 0. The molecule has 0 aromatic heterocycles. The first kappa shape index (κ1) is 12.9. The molecule has 1 rings (SSSR count). The predicted molar refractivity (Wildman–Crippen MR) is 62.1 cm³/mol. The molecule has 0 spiro atoms. The van der Waals surface area contributed by atoms with Gasteiger partial charge in [0.25, 0.3) is 0 Å². The molecular weight excluding hydrogens is 190 g/mol. The van der Waals surface area contributed by atoms with E-state index in [-0.39, 0.29) is 0 Å². The maximum absolute atomic E-state index is 5.71. The lowest BCUT2D eigenvalue weighted by molar-refractivity contribution is 0.00607. The second-order valence-electron chi connectivity index (χ2n) is 4.45. The van der Waals surface area contributed by atoms with Crippen LogP contribution in [0.5, 0.6) is 0 Å². The van der Waals surface area contributed by atoms with Crippen LogP contribution in [-0.4, -0.2) is 39.0 Å². The van der Waals surface area contributed by atoms with Crippen molar-refractivity contribution >= 4 is 0 Å². The molecule has 0 bridgehead atoms. The largest absolute Gasteiger partial charge is 0.377 e. The van der Waals surface area contributed by atoms with Crippen molar-refractivity contribution in [2.24, 2.45) is 5.92 Å². The van der Waals surface area contributed by atoms with Crippen molar-refractivity contribution in [2.45, 2.75) is 45.3 Å². The summed E-state index contributed by atoms with van der Waals surface area (Å²) in [5.74, 6) is 0.666. The second-order valence-corrected chi connectivity index (χ2v) is 4.45. The number of hydrogen-bond acceptors (Lipinski definition) is 3. The Balaban J connectivity index is 2.10. The molecule has 0 aliphatic carbocycles. The van der Waals surface area contributed by atoms with Crippen LogP contribution in [0.25, 0.3) is 0 Å². The Morgan fingerprint density at radius 1 is 1.53 bits per heavy atom. The van der Waals surface area contributed by atoms with Gasteiger partial charge in [-0.05, 0) is 25.8 Å². The zero-order chi connectivity index (χ0) is 11.1. The van der Waals surface area contributed by atoms with Gasteiger partial charge < -0.3 is 14.8 Å². The molecule has 1 heterocycles. The predicted octanol–water partition coefficient (Wildman–Crippen LogP) is 1.82. The summed E-state index contributed by atoms with van der Waals surface area (Å²) in [6.45, 7) is 6.94. The first-order valence-electron chi connectivity index (χ1n) is 6.14. The van der Waals surface area contributed by atoms with E-state index >= 15 is 0 Å². The van der Waals surface area contributed by atoms with Crippen LogP contribution in [0.2, 0.25) is 0 Å². The van der Waals surface area contributed by atoms with Crippen LogP contribution in [0.15, 0.2) is 0 Å². The molecule has 0 aromatic carbocycles. The van der Waals surface area contributed by atoms with E-state index in [0.29, 0.717) is 18.1 Å². The van der Waals surface area contributed by atoms with E-state index in [4.69, 9.17) is 9.47 Å². The third-order valence-electron chi connectivity index (χ3n) is 3.33. The molecule has 15 heavy (non-hydrogen) atoms. The molecule has 1 aliphatic rings. The van der Waals surface area contributed by atoms with Crippen molar-refractivity contribution in [3.05, 3.63) is 0 Å². The molecule has 0 aromatic rings. The summed E-state index contributed by atoms with van der Waals surface area (Å²) < 4.78 is 11.2. The topological polar surface area (TPSA) is 30.5 Å². The summed E-state index contributed by atoms with van der Waals surface area (Å²) in [4.78, 5) is 0. The third-order valence-corrected chi connectivity index (χ3v) is 3.33. The minimum atomic E-state index is 0.347. The van der Waals surface area contributed by atoms with Gasteiger partial charge in [0.2, 0.25) is 0 Å². The quantitative estimate of drug-likeness (QED) is 0.702. The molecule has 1 N–H and O–H groups in total. The Bertz CT molecular complexity index is 158. The zero-order valence-electron chi connectivity index (χ0n) is 10.3. The average Bonchev–Trinajstić information content (AvgIpc) is 2.76. The van der Waals surface area contributed by atoms with Crippen molar-refractivity contribution in [3.63, 3.8) is 0 Å². The molecule has 1 aliphatic heterocycles. The first-order chi connectivity index (χ1) is 7.27. The maximum atomic E-state index is 5.71. The van der Waals surface area contributed by atoms with Crippen molar-refractivity contribution in [1.29, 1.82) is 0 Å². The molecule has 3 heteroatoms. The average molecular weight is 215 g/mol. The molecule has 0 radical (unpaired) electrons. The summed E-state index contributed by atoms with van der Waals surface area (Å²) in [6, 6.07) is 0.469. The highest BCUT2D eigenvalue weighted by Gasteiger charge is 2.18. The molecule has 3 atom stereocenters. The summed E-state index contributed by atoms with van der Waals surface area (Å²) in [7, 11) is 2.01. The minimum Gasteiger partial charge on any atom is -0.377 e. The zero-order valence-corrected chi connectivity index (χ0v) is 10.3. The SMILES string of the molecule is CCC(C)C(COCC1CCCO1)NC. The highest BCUT2D eigenvalue weighted by atomic mass is 16.5. The fourth-order valence-electron chi connectivity index (χ4n) is 1.92. The fraction of sp³-hybridized carbons (Fsp3) is 1.00. The van der Waals surface area contributed by atoms with E-state index in [1.165, 1.54) is 12.8 Å². The van der Waals surface area contributed by atoms with Gasteiger partial charge in [0.05, 0.1) is 19.3 Å². The Morgan fingerprint density at radius 3 is 2.87 bits per heavy atom. The standard InChI is InChI=1S/C12H25NO2/c1-4-10(2)12(13-3)9-14-8-11-6-5-7-15-11/h10-13H,4-9H2,1-3H3. The Hall–Kier alpha value is -0.120. The van der Waals surface area contributed by atoms with Crippen LogP contribution in [-0.2, 0) is 9.47 Å². The van der Waals surface area contributed by atoms with Crippen LogP contribution in [0, 0.1) is 5.92 Å². The minimum absolute atomic E-state index is 0.347. The molecule has 90 valence electrons. The highest BCUT2D eigenvalue weighted by Crippen LogP contribution is 2.13. The van der Waals surface area contributed by atoms with Gasteiger partial charge >= 0.3 is 0 Å². The maximum Gasteiger partial charge on any atom is 0.0809 e. The summed E-state index contributed by atoms with van der Waals surface area (Å²) in [6.07, 6.45) is 3.89. The molecular formula is C12H25NO2. The normalized spacial score (nSPS) is 25.4. The van der Waals surface area contributed by atoms with Crippen molar-refractivity contribution in [2.75, 3.05) is 26.9 Å². The Morgan fingerprint density at radius 2 is 2.33 bits per heavy atom. The number of hydrogen-bond donors (Lipinski definition) is 1. The number of likely N-dealkylation sites (N-methyl/N-ethyl adjacent to an activating group) is 1. The van der Waals surface area contributed by atoms with E-state index in [0.717, 1.165) is 26.2 Å². The molecule has 3 nitrogen and oxygen atoms in total. The van der Waals surface area contributed by atoms with Crippen LogP contribution >= 0.6 is 0 Å². The van der Waals surface area contributed by atoms with E-state index < -0.39 is 0 Å². The van der Waals surface area contributed by atoms with Gasteiger partial charge in [-0.2, -0.15) is 0 Å². The van der Waals surface area contributed by atoms with E-state index in [1.807, 2.05) is 7.05 Å². The van der Waals surface area contributed by atoms with Crippen LogP contribution in [0.3, 0.4) is 0 Å². The van der Waals surface area contributed by atoms with E-state index in [1.54, 1.807) is 0 Å². The van der Waals surface area contributed by atoms with Gasteiger partial charge in [0.1, 0.15) is 0 Å². The van der Waals surface area contributed by atoms with E-state index in [9.17, 15) is 0 Å². The Labute approximate surface area is 93.5 Å². The summed E-state index contributed by atoms with van der Waals surface area (Å²) in [5, 5.41) is 3.31. The Kier molecular flexibility index (Phi) is 6.22. The number of ether oxygens (including phenoxy) is 2. The lowest BCUT2D eigenvalue weighted by Gasteiger charge is -2.23. The van der Waals surface area contributed by atoms with Gasteiger partial charge in [-0.15, -0.1) is 0 Å². The lowest BCUT2D eigenvalue weighted by Crippen LogP contribution is -2.37. The van der Waals surface area contributed by atoms with Crippen LogP contribution in [0.1, 0.15) is 33.1 Å². The second kappa shape index (κ2) is 7.20. The molecule has 3 unspecified atom stereocenters. The first-order valence-corrected chi connectivity index (χ1v) is 6.14. The molecule has 1 saturated heterocycles. The van der Waals surface area contributed by atoms with Gasteiger partial charge in [-0.3, -0.25) is 0 Å². The van der Waals surface area contributed by atoms with Gasteiger partial charge in [0, 0.05) is 12.6 Å². The van der Waals surface area contributed by atoms with Crippen LogP contribution in [0.4, 0.5) is 0 Å². The smallest absolute Gasteiger partial charge is 0.0809 e. The van der Waals surface area contributed by atoms with Gasteiger partial charge in [0.15, 0.2) is 0 Å². The van der Waals surface area contributed by atoms with E-state index in [2.05, 4.69) is 19.2 Å². The number of nitrogens with one attached hydrogen (secondary N) is 1. The lowest BCUT2D eigenvalue weighted by atomic mass is 10.0. The molecule has 0 saturated carbocycles. The molecule has 1 fully saturated rings. The highest BCUT2D eigenvalue weighted by molar-refractivity contribution is 4.71. The van der Waals surface area contributed by atoms with Gasteiger partial charge in [-0.1, -0.05) is 20.3 Å². The summed E-state index contributed by atoms with van der Waals surface area (Å²) in [5.41, 5.74) is 0. The monoisotopic (exact) mass is 215 g/mol. The van der Waals surface area contributed by atoms with Crippen LogP contribution < -0.4 is 5.32 Å². The van der Waals surface area contributed by atoms with Crippen molar-refractivity contribution in [3.8, 4) is 0 Å². The number of rotatable bonds is 7. The third kappa shape index (κ3) is 4.49. The van der Waals surface area contributed by atoms with Gasteiger partial charge in [-0.25, -0.2) is 0 Å².